The van der Waals surface area contributed by atoms with Gasteiger partial charge in [0.05, 0.1) is 6.54 Å². The summed E-state index contributed by atoms with van der Waals surface area (Å²) in [7, 11) is 1.80. The Morgan fingerprint density at radius 2 is 2.46 bits per heavy atom. The number of nitrogens with zero attached hydrogens (tertiary/aromatic N) is 3. The highest BCUT2D eigenvalue weighted by molar-refractivity contribution is 5.75. The van der Waals surface area contributed by atoms with Crippen LogP contribution in [0.2, 0.25) is 0 Å². The van der Waals surface area contributed by atoms with Crippen LogP contribution in [-0.2, 0) is 18.4 Å². The SMILES string of the molecule is CCCC(=O)NCc1ncn(C)n1. The van der Waals surface area contributed by atoms with Crippen LogP contribution < -0.4 is 5.32 Å². The zero-order valence-corrected chi connectivity index (χ0v) is 7.95. The summed E-state index contributed by atoms with van der Waals surface area (Å²) < 4.78 is 1.61. The Hall–Kier alpha value is -1.39. The molecule has 13 heavy (non-hydrogen) atoms. The van der Waals surface area contributed by atoms with E-state index in [9.17, 15) is 4.79 Å². The van der Waals surface area contributed by atoms with Crippen molar-refractivity contribution in [2.24, 2.45) is 7.05 Å². The molecule has 0 fully saturated rings. The summed E-state index contributed by atoms with van der Waals surface area (Å²) in [6.07, 6.45) is 3.04. The molecule has 0 unspecified atom stereocenters. The molecule has 0 aromatic carbocycles. The first-order chi connectivity index (χ1) is 6.22. The molecule has 0 saturated carbocycles. The lowest BCUT2D eigenvalue weighted by Crippen LogP contribution is -2.22. The molecular weight excluding hydrogens is 168 g/mol. The van der Waals surface area contributed by atoms with E-state index >= 15 is 0 Å². The van der Waals surface area contributed by atoms with E-state index in [1.165, 1.54) is 0 Å². The van der Waals surface area contributed by atoms with Crippen LogP contribution >= 0.6 is 0 Å². The van der Waals surface area contributed by atoms with Gasteiger partial charge in [-0.05, 0) is 6.42 Å². The fraction of sp³-hybridized carbons (Fsp3) is 0.625. The summed E-state index contributed by atoms with van der Waals surface area (Å²) >= 11 is 0. The van der Waals surface area contributed by atoms with Crippen LogP contribution in [0, 0.1) is 0 Å². The maximum Gasteiger partial charge on any atom is 0.220 e. The summed E-state index contributed by atoms with van der Waals surface area (Å²) in [6, 6.07) is 0. The van der Waals surface area contributed by atoms with Crippen molar-refractivity contribution in [2.45, 2.75) is 26.3 Å². The Morgan fingerprint density at radius 1 is 1.69 bits per heavy atom. The lowest BCUT2D eigenvalue weighted by Gasteiger charge is -1.99. The first-order valence-corrected chi connectivity index (χ1v) is 4.33. The third-order valence-corrected chi connectivity index (χ3v) is 1.57. The van der Waals surface area contributed by atoms with Gasteiger partial charge in [0.15, 0.2) is 5.82 Å². The number of hydrogen-bond donors (Lipinski definition) is 1. The van der Waals surface area contributed by atoms with E-state index < -0.39 is 0 Å². The Labute approximate surface area is 77.2 Å². The van der Waals surface area contributed by atoms with Gasteiger partial charge in [-0.3, -0.25) is 9.48 Å². The van der Waals surface area contributed by atoms with Crippen LogP contribution in [0.3, 0.4) is 0 Å². The highest BCUT2D eigenvalue weighted by atomic mass is 16.1. The van der Waals surface area contributed by atoms with Gasteiger partial charge in [0, 0.05) is 13.5 Å². The number of hydrogen-bond acceptors (Lipinski definition) is 3. The van der Waals surface area contributed by atoms with Crippen molar-refractivity contribution in [1.82, 2.24) is 20.1 Å². The molecule has 0 atom stereocenters. The molecule has 0 spiro atoms. The number of aromatic nitrogens is 3. The van der Waals surface area contributed by atoms with Gasteiger partial charge < -0.3 is 5.32 Å². The van der Waals surface area contributed by atoms with Crippen LogP contribution in [0.25, 0.3) is 0 Å². The maximum absolute atomic E-state index is 11.0. The smallest absolute Gasteiger partial charge is 0.220 e. The number of carbonyl (C=O) groups is 1. The fourth-order valence-corrected chi connectivity index (χ4v) is 0.958. The number of nitrogens with one attached hydrogen (secondary N) is 1. The Morgan fingerprint density at radius 3 is 3.00 bits per heavy atom. The van der Waals surface area contributed by atoms with Crippen molar-refractivity contribution >= 4 is 5.91 Å². The zero-order valence-electron chi connectivity index (χ0n) is 7.95. The van der Waals surface area contributed by atoms with Crippen molar-refractivity contribution < 1.29 is 4.79 Å². The molecule has 0 aliphatic heterocycles. The van der Waals surface area contributed by atoms with E-state index in [-0.39, 0.29) is 5.91 Å². The van der Waals surface area contributed by atoms with E-state index in [1.54, 1.807) is 18.1 Å². The fourth-order valence-electron chi connectivity index (χ4n) is 0.958. The van der Waals surface area contributed by atoms with E-state index in [1.807, 2.05) is 6.92 Å². The van der Waals surface area contributed by atoms with Crippen LogP contribution in [-0.4, -0.2) is 20.7 Å². The number of aryl methyl sites for hydroxylation is 1. The van der Waals surface area contributed by atoms with Crippen molar-refractivity contribution in [3.05, 3.63) is 12.2 Å². The highest BCUT2D eigenvalue weighted by Crippen LogP contribution is 1.89. The van der Waals surface area contributed by atoms with Crippen LogP contribution in [0.5, 0.6) is 0 Å². The van der Waals surface area contributed by atoms with E-state index in [2.05, 4.69) is 15.4 Å². The molecule has 5 nitrogen and oxygen atoms in total. The van der Waals surface area contributed by atoms with Gasteiger partial charge >= 0.3 is 0 Å². The second-order valence-corrected chi connectivity index (χ2v) is 2.86. The van der Waals surface area contributed by atoms with Crippen molar-refractivity contribution in [2.75, 3.05) is 0 Å². The Kier molecular flexibility index (Phi) is 3.42. The molecule has 0 radical (unpaired) electrons. The van der Waals surface area contributed by atoms with Crippen LogP contribution in [0.15, 0.2) is 6.33 Å². The molecule has 1 amide bonds. The molecule has 0 aliphatic rings. The predicted octanol–water partition coefficient (Wildman–Crippen LogP) is 0.231. The van der Waals surface area contributed by atoms with E-state index in [4.69, 9.17) is 0 Å². The standard InChI is InChI=1S/C8H14N4O/c1-3-4-8(13)9-5-7-10-6-12(2)11-7/h6H,3-5H2,1-2H3,(H,9,13). The molecule has 1 aromatic heterocycles. The normalized spacial score (nSPS) is 10.0. The van der Waals surface area contributed by atoms with Gasteiger partial charge in [-0.2, -0.15) is 5.10 Å². The van der Waals surface area contributed by atoms with Crippen molar-refractivity contribution in [3.8, 4) is 0 Å². The molecule has 1 rings (SSSR count). The van der Waals surface area contributed by atoms with Gasteiger partial charge in [-0.25, -0.2) is 4.98 Å². The lowest BCUT2D eigenvalue weighted by atomic mass is 10.3. The van der Waals surface area contributed by atoms with Gasteiger partial charge in [0.25, 0.3) is 0 Å². The second kappa shape index (κ2) is 4.59. The third-order valence-electron chi connectivity index (χ3n) is 1.57. The number of carbonyl (C=O) groups excluding carboxylic acids is 1. The summed E-state index contributed by atoms with van der Waals surface area (Å²) in [5, 5.41) is 6.77. The van der Waals surface area contributed by atoms with Crippen LogP contribution in [0.1, 0.15) is 25.6 Å². The summed E-state index contributed by atoms with van der Waals surface area (Å²) in [5.41, 5.74) is 0. The van der Waals surface area contributed by atoms with E-state index in [0.29, 0.717) is 18.8 Å². The summed E-state index contributed by atoms with van der Waals surface area (Å²) in [6.45, 7) is 2.39. The second-order valence-electron chi connectivity index (χ2n) is 2.86. The quantitative estimate of drug-likeness (QED) is 0.725. The average Bonchev–Trinajstić information content (AvgIpc) is 2.49. The Balaban J connectivity index is 2.30. The highest BCUT2D eigenvalue weighted by Gasteiger charge is 2.01. The maximum atomic E-state index is 11.0. The third kappa shape index (κ3) is 3.23. The minimum atomic E-state index is 0.0509. The van der Waals surface area contributed by atoms with Crippen molar-refractivity contribution in [1.29, 1.82) is 0 Å². The first-order valence-electron chi connectivity index (χ1n) is 4.33. The molecule has 5 heteroatoms. The molecule has 1 aromatic rings. The lowest BCUT2D eigenvalue weighted by molar-refractivity contribution is -0.121. The molecular formula is C8H14N4O. The van der Waals surface area contributed by atoms with Crippen LogP contribution in [0.4, 0.5) is 0 Å². The van der Waals surface area contributed by atoms with Gasteiger partial charge in [-0.15, -0.1) is 0 Å². The summed E-state index contributed by atoms with van der Waals surface area (Å²) in [4.78, 5) is 15.0. The molecule has 0 aliphatic carbocycles. The van der Waals surface area contributed by atoms with Gasteiger partial charge in [0.2, 0.25) is 5.91 Å². The molecule has 1 N–H and O–H groups in total. The Bertz CT molecular complexity index is 281. The topological polar surface area (TPSA) is 59.8 Å². The molecule has 72 valence electrons. The minimum absolute atomic E-state index is 0.0509. The molecule has 0 saturated heterocycles. The number of rotatable bonds is 4. The van der Waals surface area contributed by atoms with Crippen molar-refractivity contribution in [3.63, 3.8) is 0 Å². The van der Waals surface area contributed by atoms with E-state index in [0.717, 1.165) is 6.42 Å². The largest absolute Gasteiger partial charge is 0.349 e. The monoisotopic (exact) mass is 182 g/mol. The minimum Gasteiger partial charge on any atom is -0.349 e. The molecule has 1 heterocycles. The summed E-state index contributed by atoms with van der Waals surface area (Å²) in [5.74, 6) is 0.696. The number of amides is 1. The average molecular weight is 182 g/mol. The van der Waals surface area contributed by atoms with Gasteiger partial charge in [-0.1, -0.05) is 6.92 Å². The first kappa shape index (κ1) is 9.70. The molecule has 0 bridgehead atoms. The zero-order chi connectivity index (χ0) is 9.68. The van der Waals surface area contributed by atoms with Gasteiger partial charge in [0.1, 0.15) is 6.33 Å². The predicted molar refractivity (Wildman–Crippen MR) is 47.8 cm³/mol.